The Morgan fingerprint density at radius 1 is 0.269 bits per heavy atom. The van der Waals surface area contributed by atoms with Crippen LogP contribution < -0.4 is 47.4 Å². The molecule has 0 aliphatic carbocycles. The molecule has 15 aliphatic rings. The molecule has 0 spiro atoms. The van der Waals surface area contributed by atoms with Crippen molar-refractivity contribution in [2.75, 3.05) is 101 Å². The van der Waals surface area contributed by atoms with E-state index in [1.54, 1.807) is 91.0 Å². The van der Waals surface area contributed by atoms with Crippen molar-refractivity contribution < 1.29 is 164 Å². The topological polar surface area (TPSA) is 374 Å². The Kier molecular flexibility index (Phi) is 11.7. The van der Waals surface area contributed by atoms with Crippen molar-refractivity contribution in [2.45, 2.75) is 92.3 Å². The van der Waals surface area contributed by atoms with Gasteiger partial charge in [-0.2, -0.15) is 0 Å². The van der Waals surface area contributed by atoms with Gasteiger partial charge in [0.2, 0.25) is 92.9 Å². The smallest absolute Gasteiger partial charge is 0.245 e. The highest BCUT2D eigenvalue weighted by atomic mass is 16.7. The largest absolute Gasteiger partial charge is 0.454 e. The number of ether oxygens (including phenoxy) is 10. The summed E-state index contributed by atoms with van der Waals surface area (Å²) in [6.45, 7) is -39.3. The third-order valence-electron chi connectivity index (χ3n) is 26.2. The van der Waals surface area contributed by atoms with Crippen molar-refractivity contribution in [3.63, 3.8) is 0 Å². The van der Waals surface area contributed by atoms with Gasteiger partial charge in [-0.15, -0.1) is 0 Å². The van der Waals surface area contributed by atoms with Crippen LogP contribution in [0.15, 0.2) is 212 Å². The van der Waals surface area contributed by atoms with E-state index in [1.807, 2.05) is 0 Å². The maximum Gasteiger partial charge on any atom is 0.245 e. The molecular formula is C110H95N15O20. The number of benzene rings is 10. The molecule has 5 saturated heterocycles. The number of carbonyl (C=O) groups excluding carboxylic acids is 10. The Morgan fingerprint density at radius 2 is 0.531 bits per heavy atom. The fourth-order valence-electron chi connectivity index (χ4n) is 19.9. The van der Waals surface area contributed by atoms with E-state index in [2.05, 4.69) is 24.9 Å². The fraction of sp³-hybridized carbons (Fsp3) is 0.273. The van der Waals surface area contributed by atoms with Crippen molar-refractivity contribution in [1.29, 1.82) is 0 Å². The number of hydrogen-bond acceptors (Lipinski definition) is 20. The molecule has 35 nitrogen and oxygen atoms in total. The Bertz CT molecular complexity index is 10700. The van der Waals surface area contributed by atoms with Gasteiger partial charge in [0.05, 0.1) is 91.5 Å². The molecule has 5 aromatic heterocycles. The maximum absolute atomic E-state index is 13.8. The summed E-state index contributed by atoms with van der Waals surface area (Å²) in [6.07, 6.45) is -13.8. The second-order valence-corrected chi connectivity index (χ2v) is 34.0. The van der Waals surface area contributed by atoms with Crippen LogP contribution in [0.3, 0.4) is 0 Å². The van der Waals surface area contributed by atoms with Crippen LogP contribution in [0.2, 0.25) is 0 Å². The average Bonchev–Trinajstić information content (AvgIpc) is 1.54. The molecule has 5 fully saturated rings. The highest BCUT2D eigenvalue weighted by molar-refractivity contribution is 6.03. The highest BCUT2D eigenvalue weighted by Crippen LogP contribution is 2.53. The number of nitrogens with one attached hydrogen (secondary N) is 5. The van der Waals surface area contributed by atoms with Gasteiger partial charge in [0, 0.05) is 184 Å². The predicted molar refractivity (Wildman–Crippen MR) is 523 cm³/mol. The van der Waals surface area contributed by atoms with E-state index >= 15 is 0 Å². The summed E-state index contributed by atoms with van der Waals surface area (Å²) in [6, 6.07) is 12.9. The van der Waals surface area contributed by atoms with Crippen LogP contribution in [0.1, 0.15) is 183 Å². The van der Waals surface area contributed by atoms with E-state index in [1.165, 1.54) is 54.6 Å². The average molecular weight is 2000 g/mol. The summed E-state index contributed by atoms with van der Waals surface area (Å²) in [5.74, 6) is -13.8. The molecule has 730 valence electrons. The van der Waals surface area contributed by atoms with Crippen molar-refractivity contribution in [2.24, 2.45) is 0 Å². The monoisotopic (exact) mass is 2000 g/mol. The molecular weight excluding hydrogens is 1850 g/mol. The SMILES string of the molecule is [2H]C1([2H])Oc2ccc(C3c4[nH]c5ccccc5c4C([2H])([2H])[C@@H]4C(=O)N(C([2H])([2H])[2H])C([2H])([2H])C(=O)N34)cc2O1.[2H]C1([2H])c2c([nH]c3ccccc23)C(c2ccc3c(c2)OCO3)N2C(=O)C([2H])([2H])N(C([2H])([2H])[2H])C(=O)[C@H]21.[2H]c1c([2H])c(C2c3[nH]c4ccccc4c3C([2H])([2H])[C@@H]3C(=O)N(C([2H])([2H])[2H])C([2H])([2H])C(=O)N23)c([2H])c2c1OCO2.[2H]c1c([2H])c([2H])c2c3c([nH]c2c1[2H])C(c1ccc2c(c1)OC([2H])([2H])O2)N1C(=O)C([2H])([2H])N(C([2H])([2H])[2H])C(=O)[C@H]1C3([2H])[2H].[2H]c1c([2H])c([2H])c2c3c([nH]c2c1[2H])C(c1ccc2c(c1)OCO2)N1C(=O)C([2H])([2H])N(C([2H])([2H])[2H])C(=O)[C@H]1C3([2H])[2H]. The third kappa shape index (κ3) is 14.2. The number of aromatic amines is 5. The van der Waals surface area contributed by atoms with Crippen LogP contribution in [0.4, 0.5) is 0 Å². The van der Waals surface area contributed by atoms with Crippen molar-refractivity contribution >= 4 is 114 Å². The van der Waals surface area contributed by atoms with E-state index in [4.69, 9.17) is 116 Å². The van der Waals surface area contributed by atoms with Gasteiger partial charge in [0.1, 0.15) is 35.7 Å². The molecule has 15 aromatic rings. The van der Waals surface area contributed by atoms with Crippen LogP contribution in [0.5, 0.6) is 57.5 Å². The number of carbonyl (C=O) groups is 10. The van der Waals surface area contributed by atoms with Gasteiger partial charge in [-0.3, -0.25) is 47.9 Å². The first-order chi connectivity index (χ1) is 90.2. The first-order valence-electron chi connectivity index (χ1n) is 68.9. The van der Waals surface area contributed by atoms with Gasteiger partial charge in [0.25, 0.3) is 0 Å². The van der Waals surface area contributed by atoms with E-state index in [-0.39, 0.29) is 180 Å². The van der Waals surface area contributed by atoms with Crippen LogP contribution >= 0.6 is 0 Å². The highest BCUT2D eigenvalue weighted by Gasteiger charge is 2.55. The van der Waals surface area contributed by atoms with Crippen molar-refractivity contribution in [1.82, 2.24) is 73.9 Å². The molecule has 0 saturated carbocycles. The first kappa shape index (κ1) is 49.8. The van der Waals surface area contributed by atoms with E-state index < -0.39 is 304 Å². The minimum atomic E-state index is -3.50. The third-order valence-corrected chi connectivity index (χ3v) is 26.2. The van der Waals surface area contributed by atoms with Crippen molar-refractivity contribution in [3.8, 4) is 57.5 Å². The molecule has 20 heterocycles. The quantitative estimate of drug-likeness (QED) is 0.107. The normalized spacial score (nSPS) is 32.4. The lowest BCUT2D eigenvalue weighted by Crippen LogP contribution is -2.62. The zero-order valence-corrected chi connectivity index (χ0v) is 73.4. The zero-order valence-electron chi connectivity index (χ0n) is 123. The number of H-pyrrole nitrogens is 5. The lowest BCUT2D eigenvalue weighted by Gasteiger charge is -2.46. The number of hydrogen-bond donors (Lipinski definition) is 5. The Balaban J connectivity index is 0.000000115. The van der Waals surface area contributed by atoms with Crippen LogP contribution in [-0.4, -0.2) is 264 Å². The number of para-hydroxylation sites is 5. The minimum absolute atomic E-state index is 0.0104. The molecule has 5 N–H and O–H groups in total. The van der Waals surface area contributed by atoms with Gasteiger partial charge in [0.15, 0.2) is 57.5 Å². The maximum atomic E-state index is 13.8. The number of aromatic nitrogens is 5. The molecule has 10 atom stereocenters. The van der Waals surface area contributed by atoms with Crippen LogP contribution in [0, 0.1) is 0 Å². The van der Waals surface area contributed by atoms with Gasteiger partial charge >= 0.3 is 0 Å². The second-order valence-electron chi connectivity index (χ2n) is 34.0. The van der Waals surface area contributed by atoms with E-state index in [0.717, 1.165) is 9.80 Å². The molecule has 35 heteroatoms. The lowest BCUT2D eigenvalue weighted by molar-refractivity contribution is -0.157. The fourth-order valence-corrected chi connectivity index (χ4v) is 19.9. The van der Waals surface area contributed by atoms with Crippen molar-refractivity contribution in [3.05, 3.63) is 296 Å². The Hall–Kier alpha value is -17.4. The molecule has 145 heavy (non-hydrogen) atoms. The molecule has 15 aliphatic heterocycles. The number of likely N-dealkylation sites (N-methyl/N-ethyl adjacent to an activating group) is 5. The summed E-state index contributed by atoms with van der Waals surface area (Å²) in [7, 11) is 0. The van der Waals surface area contributed by atoms with Gasteiger partial charge < -0.3 is 121 Å². The summed E-state index contributed by atoms with van der Waals surface area (Å²) in [4.78, 5) is 155. The number of amides is 10. The Morgan fingerprint density at radius 3 is 0.862 bits per heavy atom. The molecule has 0 radical (unpaired) electrons. The first-order valence-corrected chi connectivity index (χ1v) is 43.9. The molecule has 10 aromatic carbocycles. The summed E-state index contributed by atoms with van der Waals surface area (Å²) in [5.41, 5.74) is 0.745. The van der Waals surface area contributed by atoms with E-state index in [9.17, 15) is 47.9 Å². The summed E-state index contributed by atoms with van der Waals surface area (Å²) in [5, 5.41) is 0.574. The zero-order chi connectivity index (χ0) is 142. The minimum Gasteiger partial charge on any atom is -0.454 e. The van der Waals surface area contributed by atoms with Crippen LogP contribution in [0.25, 0.3) is 54.5 Å². The second kappa shape index (κ2) is 33.9. The molecule has 10 amide bonds. The standard InChI is InChI=1S/5C22H19N3O4/c5*1-24-10-19(26)25-16(22(24)27)9-14-13-4-2-3-5-15(13)23-20(14)21(25)12-6-7-17-18(8-12)29-11-28-17/h5*2-8,16,21,23H,9-11H2,1H3/t5*16-,21?/m11111/s1/i1D3,2D,3D,4D,5D,9D2,10D2,11D2;1D3,2D,3D,4D,5D,9D2,10D2;1D3,6D,7D,8D,9D2,10D2;1D3,9D2,10D2,11D2;1D3,9D2,10D2. The number of nitrogens with zero attached hydrogens (tertiary/aromatic N) is 10. The molecule has 0 bridgehead atoms. The van der Waals surface area contributed by atoms with Crippen LogP contribution in [-0.2, 0) is 79.8 Å². The predicted octanol–water partition coefficient (Wildman–Crippen LogP) is 11.1. The Labute approximate surface area is 897 Å². The molecule has 30 rings (SSSR count). The van der Waals surface area contributed by atoms with Gasteiger partial charge in [-0.1, -0.05) is 121 Å². The summed E-state index contributed by atoms with van der Waals surface area (Å²) < 4.78 is 466. The van der Waals surface area contributed by atoms with Gasteiger partial charge in [-0.25, -0.2) is 0 Å². The molecule has 5 unspecified atom stereocenters. The number of fused-ring (bicyclic) bond motifs is 25. The summed E-state index contributed by atoms with van der Waals surface area (Å²) >= 11 is 0. The lowest BCUT2D eigenvalue weighted by atomic mass is 9.86. The van der Waals surface area contributed by atoms with E-state index in [0.29, 0.717) is 70.2 Å². The number of piperazine rings is 5. The number of rotatable bonds is 5. The van der Waals surface area contributed by atoms with Gasteiger partial charge in [-0.05, 0) is 147 Å².